The van der Waals surface area contributed by atoms with E-state index in [1.807, 2.05) is 7.05 Å². The van der Waals surface area contributed by atoms with E-state index in [-0.39, 0.29) is 10.9 Å². The molecule has 1 aliphatic heterocycles. The van der Waals surface area contributed by atoms with Gasteiger partial charge in [-0.1, -0.05) is 0 Å². The number of likely N-dealkylation sites (N-methyl/N-ethyl adjacent to an activating group) is 1. The lowest BCUT2D eigenvalue weighted by Gasteiger charge is -2.12. The standard InChI is InChI=1S/C11H21N5O2S/c1-15-6-3-10(8-15)14-19(17,18)11-7-13-16(9-11)5-2-4-12/h7,9-10,14H,2-6,8,12H2,1H3. The van der Waals surface area contributed by atoms with Gasteiger partial charge in [0.2, 0.25) is 10.0 Å². The van der Waals surface area contributed by atoms with Gasteiger partial charge in [0.25, 0.3) is 0 Å². The van der Waals surface area contributed by atoms with Gasteiger partial charge in [-0.25, -0.2) is 13.1 Å². The molecule has 3 N–H and O–H groups in total. The van der Waals surface area contributed by atoms with Gasteiger partial charge in [0, 0.05) is 25.3 Å². The molecule has 1 unspecified atom stereocenters. The van der Waals surface area contributed by atoms with E-state index < -0.39 is 10.0 Å². The van der Waals surface area contributed by atoms with Gasteiger partial charge in [0.15, 0.2) is 0 Å². The topological polar surface area (TPSA) is 93.2 Å². The lowest BCUT2D eigenvalue weighted by atomic mass is 10.3. The Morgan fingerprint density at radius 1 is 1.58 bits per heavy atom. The van der Waals surface area contributed by atoms with Crippen LogP contribution in [0.3, 0.4) is 0 Å². The van der Waals surface area contributed by atoms with Crippen molar-refractivity contribution in [3.8, 4) is 0 Å². The van der Waals surface area contributed by atoms with Crippen molar-refractivity contribution in [2.24, 2.45) is 5.73 Å². The van der Waals surface area contributed by atoms with E-state index in [0.29, 0.717) is 13.1 Å². The maximum atomic E-state index is 12.2. The van der Waals surface area contributed by atoms with Crippen LogP contribution in [0.5, 0.6) is 0 Å². The second-order valence-electron chi connectivity index (χ2n) is 4.95. The Kier molecular flexibility index (Phi) is 4.56. The summed E-state index contributed by atoms with van der Waals surface area (Å²) in [5, 5.41) is 4.04. The minimum absolute atomic E-state index is 0.0117. The highest BCUT2D eigenvalue weighted by Crippen LogP contribution is 2.12. The monoisotopic (exact) mass is 287 g/mol. The first-order valence-corrected chi connectivity index (χ1v) is 7.93. The summed E-state index contributed by atoms with van der Waals surface area (Å²) in [5.74, 6) is 0. The third-order valence-corrected chi connectivity index (χ3v) is 4.70. The fourth-order valence-electron chi connectivity index (χ4n) is 2.18. The maximum absolute atomic E-state index is 12.2. The number of nitrogens with one attached hydrogen (secondary N) is 1. The lowest BCUT2D eigenvalue weighted by Crippen LogP contribution is -2.36. The molecule has 0 aliphatic carbocycles. The van der Waals surface area contributed by atoms with Gasteiger partial charge in [0.05, 0.1) is 6.20 Å². The Bertz CT molecular complexity index is 513. The van der Waals surface area contributed by atoms with Crippen molar-refractivity contribution < 1.29 is 8.42 Å². The summed E-state index contributed by atoms with van der Waals surface area (Å²) < 4.78 is 28.7. The minimum Gasteiger partial charge on any atom is -0.330 e. The molecule has 1 aromatic heterocycles. The van der Waals surface area contributed by atoms with Gasteiger partial charge in [-0.15, -0.1) is 0 Å². The average Bonchev–Trinajstić information content (AvgIpc) is 2.95. The highest BCUT2D eigenvalue weighted by molar-refractivity contribution is 7.89. The van der Waals surface area contributed by atoms with Crippen LogP contribution in [0.4, 0.5) is 0 Å². The van der Waals surface area contributed by atoms with E-state index in [0.717, 1.165) is 25.9 Å². The van der Waals surface area contributed by atoms with Crippen molar-refractivity contribution in [2.45, 2.75) is 30.3 Å². The molecule has 108 valence electrons. The molecule has 8 heteroatoms. The normalized spacial score (nSPS) is 21.1. The molecule has 2 rings (SSSR count). The molecule has 1 aliphatic rings. The first-order valence-electron chi connectivity index (χ1n) is 6.44. The number of hydrogen-bond donors (Lipinski definition) is 2. The second kappa shape index (κ2) is 6.00. The summed E-state index contributed by atoms with van der Waals surface area (Å²) in [4.78, 5) is 2.33. The molecule has 0 aromatic carbocycles. The summed E-state index contributed by atoms with van der Waals surface area (Å²) in [6, 6.07) is -0.0117. The predicted octanol–water partition coefficient (Wildman–Crippen LogP) is -0.786. The van der Waals surface area contributed by atoms with Gasteiger partial charge < -0.3 is 10.6 Å². The molecule has 0 saturated carbocycles. The molecule has 1 saturated heterocycles. The van der Waals surface area contributed by atoms with Gasteiger partial charge >= 0.3 is 0 Å². The number of hydrogen-bond acceptors (Lipinski definition) is 5. The number of aryl methyl sites for hydroxylation is 1. The number of sulfonamides is 1. The number of nitrogens with two attached hydrogens (primary N) is 1. The van der Waals surface area contributed by atoms with Crippen LogP contribution >= 0.6 is 0 Å². The number of aromatic nitrogens is 2. The molecule has 1 fully saturated rings. The maximum Gasteiger partial charge on any atom is 0.243 e. The molecule has 2 heterocycles. The molecule has 1 aromatic rings. The molecule has 0 amide bonds. The van der Waals surface area contributed by atoms with Crippen LogP contribution in [0.1, 0.15) is 12.8 Å². The van der Waals surface area contributed by atoms with Gasteiger partial charge in [-0.05, 0) is 33.0 Å². The number of rotatable bonds is 6. The fourth-order valence-corrected chi connectivity index (χ4v) is 3.39. The Morgan fingerprint density at radius 3 is 3.00 bits per heavy atom. The lowest BCUT2D eigenvalue weighted by molar-refractivity contribution is 0.407. The van der Waals surface area contributed by atoms with Crippen molar-refractivity contribution in [1.82, 2.24) is 19.4 Å². The van der Waals surface area contributed by atoms with Crippen LogP contribution in [0.15, 0.2) is 17.3 Å². The van der Waals surface area contributed by atoms with E-state index in [4.69, 9.17) is 5.73 Å². The Labute approximate surface area is 113 Å². The highest BCUT2D eigenvalue weighted by atomic mass is 32.2. The van der Waals surface area contributed by atoms with Crippen molar-refractivity contribution in [3.63, 3.8) is 0 Å². The second-order valence-corrected chi connectivity index (χ2v) is 6.66. The molecule has 0 bridgehead atoms. The van der Waals surface area contributed by atoms with E-state index >= 15 is 0 Å². The third kappa shape index (κ3) is 3.75. The van der Waals surface area contributed by atoms with Crippen molar-refractivity contribution in [1.29, 1.82) is 0 Å². The Hall–Kier alpha value is -0.960. The van der Waals surface area contributed by atoms with Crippen molar-refractivity contribution >= 4 is 10.0 Å². The molecule has 0 radical (unpaired) electrons. The zero-order chi connectivity index (χ0) is 13.9. The predicted molar refractivity (Wildman–Crippen MR) is 72.1 cm³/mol. The zero-order valence-corrected chi connectivity index (χ0v) is 11.9. The van der Waals surface area contributed by atoms with Crippen molar-refractivity contribution in [2.75, 3.05) is 26.7 Å². The van der Waals surface area contributed by atoms with Crippen LogP contribution < -0.4 is 10.5 Å². The van der Waals surface area contributed by atoms with Gasteiger partial charge in [0.1, 0.15) is 4.90 Å². The molecule has 1 atom stereocenters. The highest BCUT2D eigenvalue weighted by Gasteiger charge is 2.26. The average molecular weight is 287 g/mol. The Morgan fingerprint density at radius 2 is 2.37 bits per heavy atom. The van der Waals surface area contributed by atoms with E-state index in [1.54, 1.807) is 10.9 Å². The molecule has 19 heavy (non-hydrogen) atoms. The molecular weight excluding hydrogens is 266 g/mol. The first kappa shape index (κ1) is 14.4. The summed E-state index contributed by atoms with van der Waals surface area (Å²) in [7, 11) is -1.48. The minimum atomic E-state index is -3.46. The van der Waals surface area contributed by atoms with Crippen LogP contribution in [-0.2, 0) is 16.6 Å². The molecule has 0 spiro atoms. The fraction of sp³-hybridized carbons (Fsp3) is 0.727. The van der Waals surface area contributed by atoms with E-state index in [2.05, 4.69) is 14.7 Å². The largest absolute Gasteiger partial charge is 0.330 e. The van der Waals surface area contributed by atoms with Gasteiger partial charge in [-0.3, -0.25) is 4.68 Å². The summed E-state index contributed by atoms with van der Waals surface area (Å²) in [5.41, 5.74) is 5.41. The van der Waals surface area contributed by atoms with Gasteiger partial charge in [-0.2, -0.15) is 5.10 Å². The third-order valence-electron chi connectivity index (χ3n) is 3.22. The summed E-state index contributed by atoms with van der Waals surface area (Å²) in [6.45, 7) is 2.87. The number of nitrogens with zero attached hydrogens (tertiary/aromatic N) is 3. The summed E-state index contributed by atoms with van der Waals surface area (Å²) in [6.07, 6.45) is 4.56. The van der Waals surface area contributed by atoms with Crippen molar-refractivity contribution in [3.05, 3.63) is 12.4 Å². The van der Waals surface area contributed by atoms with Crippen LogP contribution in [0.2, 0.25) is 0 Å². The Balaban J connectivity index is 2.00. The summed E-state index contributed by atoms with van der Waals surface area (Å²) >= 11 is 0. The van der Waals surface area contributed by atoms with Crippen LogP contribution in [0.25, 0.3) is 0 Å². The number of likely N-dealkylation sites (tertiary alicyclic amines) is 1. The van der Waals surface area contributed by atoms with E-state index in [1.165, 1.54) is 6.20 Å². The zero-order valence-electron chi connectivity index (χ0n) is 11.1. The van der Waals surface area contributed by atoms with Crippen LogP contribution in [-0.4, -0.2) is 55.8 Å². The van der Waals surface area contributed by atoms with Crippen LogP contribution in [0, 0.1) is 0 Å². The molecular formula is C11H21N5O2S. The van der Waals surface area contributed by atoms with E-state index in [9.17, 15) is 8.42 Å². The smallest absolute Gasteiger partial charge is 0.243 e. The molecule has 7 nitrogen and oxygen atoms in total. The quantitative estimate of drug-likeness (QED) is 0.715. The SMILES string of the molecule is CN1CCC(NS(=O)(=O)c2cnn(CCCN)c2)C1. The first-order chi connectivity index (χ1) is 9.01.